The van der Waals surface area contributed by atoms with Gasteiger partial charge in [-0.1, -0.05) is 17.3 Å². The molecule has 0 bridgehead atoms. The fourth-order valence-corrected chi connectivity index (χ4v) is 1.93. The van der Waals surface area contributed by atoms with Gasteiger partial charge < -0.3 is 4.52 Å². The highest BCUT2D eigenvalue weighted by Crippen LogP contribution is 2.24. The predicted octanol–water partition coefficient (Wildman–Crippen LogP) is 1.86. The van der Waals surface area contributed by atoms with Crippen LogP contribution in [-0.4, -0.2) is 30.3 Å². The quantitative estimate of drug-likeness (QED) is 0.555. The summed E-state index contributed by atoms with van der Waals surface area (Å²) >= 11 is 0. The van der Waals surface area contributed by atoms with Gasteiger partial charge in [0.1, 0.15) is 5.82 Å². The van der Waals surface area contributed by atoms with Crippen LogP contribution >= 0.6 is 0 Å². The van der Waals surface area contributed by atoms with Crippen molar-refractivity contribution in [1.29, 1.82) is 0 Å². The molecule has 0 unspecified atom stereocenters. The smallest absolute Gasteiger partial charge is 0.277 e. The molecular weight excluding hydrogens is 244 g/mol. The first-order valence-electron chi connectivity index (χ1n) is 5.73. The molecule has 0 saturated heterocycles. The number of nitrogens with zero attached hydrogens (tertiary/aromatic N) is 5. The second kappa shape index (κ2) is 3.58. The van der Waals surface area contributed by atoms with E-state index in [-0.39, 0.29) is 0 Å². The highest BCUT2D eigenvalue weighted by Gasteiger charge is 2.17. The topological polar surface area (TPSA) is 93.4 Å². The van der Waals surface area contributed by atoms with Gasteiger partial charge in [0.15, 0.2) is 11.2 Å². The van der Waals surface area contributed by atoms with Crippen molar-refractivity contribution in [2.24, 2.45) is 0 Å². The molecule has 0 aliphatic heterocycles. The predicted molar refractivity (Wildman–Crippen MR) is 67.2 cm³/mol. The first-order chi connectivity index (χ1) is 9.31. The highest BCUT2D eigenvalue weighted by molar-refractivity contribution is 5.90. The summed E-state index contributed by atoms with van der Waals surface area (Å²) in [7, 11) is 0. The Morgan fingerprint density at radius 2 is 1.84 bits per heavy atom. The molecular formula is C12H8N6O. The van der Waals surface area contributed by atoms with Gasteiger partial charge in [0.05, 0.1) is 11.0 Å². The molecule has 3 heterocycles. The Hall–Kier alpha value is -2.83. The fourth-order valence-electron chi connectivity index (χ4n) is 1.93. The highest BCUT2D eigenvalue weighted by atomic mass is 16.5. The van der Waals surface area contributed by atoms with Gasteiger partial charge in [0, 0.05) is 0 Å². The number of aryl methyl sites for hydroxylation is 1. The maximum atomic E-state index is 5.20. The summed E-state index contributed by atoms with van der Waals surface area (Å²) in [6, 6.07) is 7.58. The summed E-state index contributed by atoms with van der Waals surface area (Å²) in [6.07, 6.45) is 0. The Morgan fingerprint density at radius 3 is 2.58 bits per heavy atom. The first-order valence-corrected chi connectivity index (χ1v) is 5.73. The maximum absolute atomic E-state index is 5.20. The summed E-state index contributed by atoms with van der Waals surface area (Å²) in [4.78, 5) is 13.1. The number of para-hydroxylation sites is 2. The normalized spacial score (nSPS) is 11.4. The Kier molecular flexibility index (Phi) is 1.91. The molecule has 7 heteroatoms. The van der Waals surface area contributed by atoms with Gasteiger partial charge in [-0.25, -0.2) is 15.0 Å². The third kappa shape index (κ3) is 1.48. The van der Waals surface area contributed by atoms with E-state index >= 15 is 0 Å². The van der Waals surface area contributed by atoms with Crippen molar-refractivity contribution < 1.29 is 4.52 Å². The average molecular weight is 252 g/mol. The van der Waals surface area contributed by atoms with E-state index in [0.29, 0.717) is 28.6 Å². The van der Waals surface area contributed by atoms with Gasteiger partial charge >= 0.3 is 0 Å². The number of rotatable bonds is 1. The van der Waals surface area contributed by atoms with Gasteiger partial charge in [-0.2, -0.15) is 5.10 Å². The van der Waals surface area contributed by atoms with E-state index in [1.54, 1.807) is 0 Å². The van der Waals surface area contributed by atoms with Crippen LogP contribution in [0.5, 0.6) is 0 Å². The number of hydrogen-bond acceptors (Lipinski definition) is 6. The van der Waals surface area contributed by atoms with Gasteiger partial charge in [-0.3, -0.25) is 5.10 Å². The Morgan fingerprint density at radius 1 is 1.05 bits per heavy atom. The van der Waals surface area contributed by atoms with Crippen molar-refractivity contribution in [3.05, 3.63) is 30.1 Å². The molecule has 92 valence electrons. The molecule has 1 N–H and O–H groups in total. The first kappa shape index (κ1) is 10.1. The molecule has 4 aromatic rings. The number of aromatic nitrogens is 6. The molecule has 0 saturated carbocycles. The minimum absolute atomic E-state index is 0.385. The lowest BCUT2D eigenvalue weighted by Crippen LogP contribution is -1.87. The summed E-state index contributed by atoms with van der Waals surface area (Å²) in [5.74, 6) is 1.17. The zero-order valence-corrected chi connectivity index (χ0v) is 9.95. The fraction of sp³-hybridized carbons (Fsp3) is 0.0833. The van der Waals surface area contributed by atoms with E-state index in [2.05, 4.69) is 30.3 Å². The zero-order chi connectivity index (χ0) is 12.8. The largest absolute Gasteiger partial charge is 0.333 e. The van der Waals surface area contributed by atoms with Crippen LogP contribution in [0.3, 0.4) is 0 Å². The molecule has 0 aliphatic carbocycles. The third-order valence-electron chi connectivity index (χ3n) is 2.80. The number of benzene rings is 1. The second-order valence-electron chi connectivity index (χ2n) is 4.14. The van der Waals surface area contributed by atoms with Gasteiger partial charge in [-0.15, -0.1) is 0 Å². The summed E-state index contributed by atoms with van der Waals surface area (Å²) in [6.45, 7) is 1.82. The lowest BCUT2D eigenvalue weighted by atomic mass is 10.3. The third-order valence-corrected chi connectivity index (χ3v) is 2.80. The Bertz CT molecular complexity index is 893. The molecule has 0 aliphatic rings. The number of fused-ring (bicyclic) bond motifs is 2. The van der Waals surface area contributed by atoms with Crippen LogP contribution in [0.4, 0.5) is 0 Å². The minimum atomic E-state index is 0.385. The van der Waals surface area contributed by atoms with Crippen LogP contribution in [0.25, 0.3) is 33.8 Å². The molecule has 0 atom stereocenters. The van der Waals surface area contributed by atoms with Crippen LogP contribution in [-0.2, 0) is 0 Å². The van der Waals surface area contributed by atoms with Crippen molar-refractivity contribution in [2.45, 2.75) is 6.92 Å². The molecule has 7 nitrogen and oxygen atoms in total. The van der Waals surface area contributed by atoms with Crippen LogP contribution in [0.15, 0.2) is 28.8 Å². The van der Waals surface area contributed by atoms with Crippen molar-refractivity contribution in [3.63, 3.8) is 0 Å². The minimum Gasteiger partial charge on any atom is -0.333 e. The monoisotopic (exact) mass is 252 g/mol. The second-order valence-corrected chi connectivity index (χ2v) is 4.14. The lowest BCUT2D eigenvalue weighted by molar-refractivity contribution is 0.451. The van der Waals surface area contributed by atoms with Crippen molar-refractivity contribution >= 4 is 22.3 Å². The molecule has 0 spiro atoms. The molecule has 0 fully saturated rings. The number of aromatic amines is 1. The standard InChI is InChI=1S/C12H8N6O/c1-6-13-11(17-16-6)9-10-12(19-18-9)15-8-5-3-2-4-7(8)14-10/h2-5H,1H3,(H,13,16,17). The number of nitrogens with one attached hydrogen (secondary N) is 1. The van der Waals surface area contributed by atoms with Gasteiger partial charge in [-0.05, 0) is 19.1 Å². The Labute approximate surface area is 106 Å². The van der Waals surface area contributed by atoms with E-state index in [4.69, 9.17) is 4.52 Å². The van der Waals surface area contributed by atoms with Crippen molar-refractivity contribution in [2.75, 3.05) is 0 Å². The summed E-state index contributed by atoms with van der Waals surface area (Å²) < 4.78 is 5.20. The van der Waals surface area contributed by atoms with Gasteiger partial charge in [0.25, 0.3) is 5.71 Å². The van der Waals surface area contributed by atoms with E-state index < -0.39 is 0 Å². The molecule has 1 aromatic carbocycles. The lowest BCUT2D eigenvalue weighted by Gasteiger charge is -1.94. The molecule has 4 rings (SSSR count). The van der Waals surface area contributed by atoms with E-state index in [9.17, 15) is 0 Å². The van der Waals surface area contributed by atoms with Crippen LogP contribution in [0.2, 0.25) is 0 Å². The van der Waals surface area contributed by atoms with Crippen LogP contribution in [0, 0.1) is 6.92 Å². The molecule has 19 heavy (non-hydrogen) atoms. The molecule has 0 radical (unpaired) electrons. The Balaban J connectivity index is 2.05. The SMILES string of the molecule is Cc1nc(-c2noc3nc4ccccc4nc23)n[nH]1. The zero-order valence-electron chi connectivity index (χ0n) is 9.95. The molecule has 3 aromatic heterocycles. The number of hydrogen-bond donors (Lipinski definition) is 1. The maximum Gasteiger partial charge on any atom is 0.277 e. The summed E-state index contributed by atoms with van der Waals surface area (Å²) in [5, 5.41) is 10.8. The van der Waals surface area contributed by atoms with Gasteiger partial charge in [0.2, 0.25) is 5.82 Å². The van der Waals surface area contributed by atoms with E-state index in [0.717, 1.165) is 11.0 Å². The summed E-state index contributed by atoms with van der Waals surface area (Å²) in [5.41, 5.74) is 3.00. The van der Waals surface area contributed by atoms with E-state index in [1.165, 1.54) is 0 Å². The van der Waals surface area contributed by atoms with E-state index in [1.807, 2.05) is 31.2 Å². The number of H-pyrrole nitrogens is 1. The average Bonchev–Trinajstić information content (AvgIpc) is 3.02. The van der Waals surface area contributed by atoms with Crippen molar-refractivity contribution in [3.8, 4) is 11.5 Å². The molecule has 0 amide bonds. The van der Waals surface area contributed by atoms with Crippen LogP contribution in [0.1, 0.15) is 5.82 Å². The van der Waals surface area contributed by atoms with Crippen LogP contribution < -0.4 is 0 Å². The van der Waals surface area contributed by atoms with Crippen molar-refractivity contribution in [1.82, 2.24) is 30.3 Å².